The Labute approximate surface area is 48.7 Å². The Morgan fingerprint density at radius 3 is 2.38 bits per heavy atom. The Kier molecular flexibility index (Phi) is 0.927. The van der Waals surface area contributed by atoms with E-state index in [0.717, 1.165) is 0 Å². The summed E-state index contributed by atoms with van der Waals surface area (Å²) < 4.78 is 5.19. The van der Waals surface area contributed by atoms with Crippen LogP contribution in [0, 0.1) is 0 Å². The van der Waals surface area contributed by atoms with Gasteiger partial charge in [0.05, 0.1) is 0 Å². The first-order valence-corrected chi connectivity index (χ1v) is 2.61. The second-order valence-corrected chi connectivity index (χ2v) is 2.35. The summed E-state index contributed by atoms with van der Waals surface area (Å²) in [5.41, 5.74) is 2.52. The number of hydrogen-bond acceptors (Lipinski definition) is 3. The summed E-state index contributed by atoms with van der Waals surface area (Å²) in [6, 6.07) is 0. The van der Waals surface area contributed by atoms with E-state index in [1.807, 2.05) is 20.8 Å². The second kappa shape index (κ2) is 1.37. The van der Waals surface area contributed by atoms with Gasteiger partial charge in [0.25, 0.3) is 0 Å². The maximum atomic E-state index is 5.19. The van der Waals surface area contributed by atoms with Gasteiger partial charge in [-0.1, -0.05) is 0 Å². The number of rotatable bonds is 0. The third kappa shape index (κ3) is 0.911. The quantitative estimate of drug-likeness (QED) is 0.502. The molecule has 0 atom stereocenters. The third-order valence-electron chi connectivity index (χ3n) is 0.885. The van der Waals surface area contributed by atoms with Gasteiger partial charge < -0.3 is 4.74 Å². The van der Waals surface area contributed by atoms with Crippen LogP contribution < -0.4 is 5.43 Å². The van der Waals surface area contributed by atoms with E-state index in [1.165, 1.54) is 0 Å². The van der Waals surface area contributed by atoms with Crippen molar-refractivity contribution >= 4 is 5.90 Å². The van der Waals surface area contributed by atoms with E-state index in [4.69, 9.17) is 4.74 Å². The maximum absolute atomic E-state index is 5.19. The molecule has 0 aromatic rings. The maximum Gasteiger partial charge on any atom is 0.205 e. The minimum absolute atomic E-state index is 0.288. The minimum atomic E-state index is -0.288. The first-order valence-electron chi connectivity index (χ1n) is 2.61. The van der Waals surface area contributed by atoms with Gasteiger partial charge in [0.15, 0.2) is 5.72 Å². The molecule has 46 valence electrons. The highest BCUT2D eigenvalue weighted by molar-refractivity contribution is 5.74. The molecule has 0 aromatic heterocycles. The standard InChI is InChI=1S/C5H10N2O/c1-4-6-7-5(2,3)8-4/h7H,1-3H3. The highest BCUT2D eigenvalue weighted by atomic mass is 16.5. The minimum Gasteiger partial charge on any atom is -0.453 e. The molecule has 8 heavy (non-hydrogen) atoms. The van der Waals surface area contributed by atoms with Crippen LogP contribution in [0.15, 0.2) is 5.10 Å². The summed E-state index contributed by atoms with van der Waals surface area (Å²) >= 11 is 0. The fraction of sp³-hybridized carbons (Fsp3) is 0.800. The average molecular weight is 114 g/mol. The van der Waals surface area contributed by atoms with Crippen molar-refractivity contribution in [3.63, 3.8) is 0 Å². The fourth-order valence-corrected chi connectivity index (χ4v) is 0.628. The molecule has 0 fully saturated rings. The van der Waals surface area contributed by atoms with Crippen molar-refractivity contribution in [2.75, 3.05) is 0 Å². The van der Waals surface area contributed by atoms with Crippen molar-refractivity contribution in [2.24, 2.45) is 5.10 Å². The molecule has 1 heterocycles. The van der Waals surface area contributed by atoms with Crippen molar-refractivity contribution in [2.45, 2.75) is 26.5 Å². The summed E-state index contributed by atoms with van der Waals surface area (Å²) in [6.07, 6.45) is 0. The number of hydrazone groups is 1. The molecule has 0 amide bonds. The van der Waals surface area contributed by atoms with Crippen LogP contribution in [0.4, 0.5) is 0 Å². The Morgan fingerprint density at radius 1 is 1.62 bits per heavy atom. The molecule has 3 nitrogen and oxygen atoms in total. The summed E-state index contributed by atoms with van der Waals surface area (Å²) in [6.45, 7) is 5.67. The van der Waals surface area contributed by atoms with E-state index in [0.29, 0.717) is 5.90 Å². The van der Waals surface area contributed by atoms with Crippen molar-refractivity contribution in [1.82, 2.24) is 5.43 Å². The predicted molar refractivity (Wildman–Crippen MR) is 31.4 cm³/mol. The van der Waals surface area contributed by atoms with Gasteiger partial charge in [-0.15, -0.1) is 5.10 Å². The summed E-state index contributed by atoms with van der Waals surface area (Å²) in [5, 5.41) is 3.83. The number of nitrogens with zero attached hydrogens (tertiary/aromatic N) is 1. The lowest BCUT2D eigenvalue weighted by atomic mass is 10.3. The molecule has 1 N–H and O–H groups in total. The van der Waals surface area contributed by atoms with E-state index >= 15 is 0 Å². The van der Waals surface area contributed by atoms with Crippen molar-refractivity contribution in [3.8, 4) is 0 Å². The SMILES string of the molecule is CC1=NNC(C)(C)O1. The predicted octanol–water partition coefficient (Wildman–Crippen LogP) is 0.676. The monoisotopic (exact) mass is 114 g/mol. The van der Waals surface area contributed by atoms with Crippen LogP contribution in [0.25, 0.3) is 0 Å². The molecule has 1 aliphatic rings. The van der Waals surface area contributed by atoms with Crippen molar-refractivity contribution < 1.29 is 4.74 Å². The lowest BCUT2D eigenvalue weighted by Gasteiger charge is -2.16. The molecule has 1 aliphatic heterocycles. The van der Waals surface area contributed by atoms with E-state index < -0.39 is 0 Å². The Bertz CT molecular complexity index is 128. The van der Waals surface area contributed by atoms with Gasteiger partial charge >= 0.3 is 0 Å². The smallest absolute Gasteiger partial charge is 0.205 e. The molecule has 0 spiro atoms. The van der Waals surface area contributed by atoms with Crippen LogP contribution in [0.5, 0.6) is 0 Å². The molecule has 0 unspecified atom stereocenters. The van der Waals surface area contributed by atoms with Gasteiger partial charge in [0.2, 0.25) is 5.90 Å². The zero-order valence-electron chi connectivity index (χ0n) is 5.36. The van der Waals surface area contributed by atoms with Crippen LogP contribution in [0.1, 0.15) is 20.8 Å². The molecule has 0 radical (unpaired) electrons. The van der Waals surface area contributed by atoms with Crippen LogP contribution in [0.2, 0.25) is 0 Å². The van der Waals surface area contributed by atoms with Crippen LogP contribution in [0.3, 0.4) is 0 Å². The largest absolute Gasteiger partial charge is 0.453 e. The molecule has 0 bridgehead atoms. The van der Waals surface area contributed by atoms with Gasteiger partial charge in [-0.05, 0) is 13.8 Å². The molecular weight excluding hydrogens is 104 g/mol. The van der Waals surface area contributed by atoms with Crippen LogP contribution in [-0.4, -0.2) is 11.6 Å². The Hall–Kier alpha value is -0.730. The second-order valence-electron chi connectivity index (χ2n) is 2.35. The highest BCUT2D eigenvalue weighted by Crippen LogP contribution is 2.09. The molecule has 0 saturated heterocycles. The zero-order chi connectivity index (χ0) is 6.20. The molecule has 0 aliphatic carbocycles. The topological polar surface area (TPSA) is 33.6 Å². The summed E-state index contributed by atoms with van der Waals surface area (Å²) in [5.74, 6) is 0.704. The average Bonchev–Trinajstić information content (AvgIpc) is 1.82. The van der Waals surface area contributed by atoms with Crippen molar-refractivity contribution in [3.05, 3.63) is 0 Å². The normalized spacial score (nSPS) is 23.6. The molecule has 1 rings (SSSR count). The lowest BCUT2D eigenvalue weighted by Crippen LogP contribution is -2.32. The van der Waals surface area contributed by atoms with E-state index in [9.17, 15) is 0 Å². The molecule has 0 saturated carbocycles. The van der Waals surface area contributed by atoms with Crippen LogP contribution in [-0.2, 0) is 4.74 Å². The fourth-order valence-electron chi connectivity index (χ4n) is 0.628. The number of nitrogens with one attached hydrogen (secondary N) is 1. The Balaban J connectivity index is 2.55. The molecule has 0 aromatic carbocycles. The third-order valence-corrected chi connectivity index (χ3v) is 0.885. The Morgan fingerprint density at radius 2 is 2.25 bits per heavy atom. The number of ether oxygens (including phenoxy) is 1. The van der Waals surface area contributed by atoms with E-state index in [2.05, 4.69) is 10.5 Å². The van der Waals surface area contributed by atoms with Gasteiger partial charge in [-0.25, -0.2) is 0 Å². The van der Waals surface area contributed by atoms with E-state index in [1.54, 1.807) is 0 Å². The lowest BCUT2D eigenvalue weighted by molar-refractivity contribution is 0.0894. The van der Waals surface area contributed by atoms with Gasteiger partial charge in [0, 0.05) is 6.92 Å². The summed E-state index contributed by atoms with van der Waals surface area (Å²) in [7, 11) is 0. The number of hydrogen-bond donors (Lipinski definition) is 1. The van der Waals surface area contributed by atoms with Gasteiger partial charge in [0.1, 0.15) is 0 Å². The first-order chi connectivity index (χ1) is 3.60. The molecule has 3 heteroatoms. The first kappa shape index (κ1) is 5.41. The molecular formula is C5H10N2O. The van der Waals surface area contributed by atoms with Gasteiger partial charge in [-0.3, -0.25) is 5.43 Å². The van der Waals surface area contributed by atoms with Crippen LogP contribution >= 0.6 is 0 Å². The van der Waals surface area contributed by atoms with Gasteiger partial charge in [-0.2, -0.15) is 0 Å². The highest BCUT2D eigenvalue weighted by Gasteiger charge is 2.23. The van der Waals surface area contributed by atoms with Crippen molar-refractivity contribution in [1.29, 1.82) is 0 Å². The van der Waals surface area contributed by atoms with E-state index in [-0.39, 0.29) is 5.72 Å². The summed E-state index contributed by atoms with van der Waals surface area (Å²) in [4.78, 5) is 0. The zero-order valence-corrected chi connectivity index (χ0v) is 5.36.